The molecule has 0 aromatic rings. The van der Waals surface area contributed by atoms with Gasteiger partial charge in [-0.05, 0) is 77.0 Å². The van der Waals surface area contributed by atoms with Gasteiger partial charge in [0.15, 0.2) is 6.10 Å². The van der Waals surface area contributed by atoms with E-state index >= 15 is 0 Å². The Kier molecular flexibility index (Phi) is 48.5. The number of allylic oxidation sites excluding steroid dienone is 16. The van der Waals surface area contributed by atoms with Gasteiger partial charge in [-0.25, -0.2) is 0 Å². The minimum atomic E-state index is -0.790. The highest BCUT2D eigenvalue weighted by atomic mass is 16.6. The Labute approximate surface area is 377 Å². The number of unbranched alkanes of at least 4 members (excludes halogenated alkanes) is 21. The summed E-state index contributed by atoms with van der Waals surface area (Å²) < 4.78 is 10.7. The van der Waals surface area contributed by atoms with Gasteiger partial charge in [0.25, 0.3) is 0 Å². The first kappa shape index (κ1) is 57.8. The van der Waals surface area contributed by atoms with E-state index in [-0.39, 0.29) is 25.2 Å². The molecule has 348 valence electrons. The van der Waals surface area contributed by atoms with Gasteiger partial charge in [0.05, 0.1) is 6.61 Å². The van der Waals surface area contributed by atoms with Crippen LogP contribution in [0.25, 0.3) is 0 Å². The molecule has 5 heteroatoms. The summed E-state index contributed by atoms with van der Waals surface area (Å²) in [6, 6.07) is 0. The van der Waals surface area contributed by atoms with Crippen LogP contribution in [0.3, 0.4) is 0 Å². The minimum Gasteiger partial charge on any atom is -0.462 e. The maximum atomic E-state index is 12.3. The predicted molar refractivity (Wildman–Crippen MR) is 265 cm³/mol. The number of carbonyl (C=O) groups is 2. The second-order valence-electron chi connectivity index (χ2n) is 16.5. The summed E-state index contributed by atoms with van der Waals surface area (Å²) in [5.41, 5.74) is 0. The molecular formula is C56H94O5. The summed E-state index contributed by atoms with van der Waals surface area (Å²) in [4.78, 5) is 24.4. The van der Waals surface area contributed by atoms with Crippen molar-refractivity contribution in [3.05, 3.63) is 97.2 Å². The molecule has 0 aliphatic carbocycles. The molecule has 0 aliphatic rings. The van der Waals surface area contributed by atoms with Crippen molar-refractivity contribution in [1.29, 1.82) is 0 Å². The van der Waals surface area contributed by atoms with Crippen LogP contribution in [0.15, 0.2) is 97.2 Å². The Hall–Kier alpha value is -3.18. The summed E-state index contributed by atoms with van der Waals surface area (Å²) in [5, 5.41) is 9.62. The van der Waals surface area contributed by atoms with Crippen LogP contribution in [0, 0.1) is 0 Å². The Morgan fingerprint density at radius 2 is 0.705 bits per heavy atom. The third-order valence-corrected chi connectivity index (χ3v) is 10.6. The zero-order valence-corrected chi connectivity index (χ0v) is 39.6. The number of rotatable bonds is 45. The summed E-state index contributed by atoms with van der Waals surface area (Å²) in [6.45, 7) is 4.01. The first-order valence-corrected chi connectivity index (χ1v) is 25.3. The number of ether oxygens (including phenoxy) is 2. The van der Waals surface area contributed by atoms with E-state index in [2.05, 4.69) is 111 Å². The number of carbonyl (C=O) groups excluding carboxylic acids is 2. The van der Waals surface area contributed by atoms with E-state index in [1.54, 1.807) is 0 Å². The molecule has 1 unspecified atom stereocenters. The third-order valence-electron chi connectivity index (χ3n) is 10.6. The average Bonchev–Trinajstić information content (AvgIpc) is 3.26. The number of aliphatic hydroxyl groups excluding tert-OH is 1. The molecule has 0 bridgehead atoms. The minimum absolute atomic E-state index is 0.0792. The van der Waals surface area contributed by atoms with Crippen molar-refractivity contribution in [2.75, 3.05) is 13.2 Å². The Morgan fingerprint density at radius 3 is 1.07 bits per heavy atom. The standard InChI is InChI=1S/C56H94O5/c1-3-5-7-9-11-13-15-17-19-21-23-24-25-26-27-28-29-30-31-32-33-35-37-39-41-43-45-47-49-51-56(59)61-54(52-57)53-60-55(58)50-48-46-44-42-40-38-36-34-22-20-18-16-14-12-10-8-6-4-2/h5,7,11,13,17,19,23-24,26-27,29-30,32-33,37,39,54,57H,3-4,6,8-10,12,14-16,18,20-22,25,28,31,34-36,38,40-53H2,1-2H3/b7-5-,13-11-,19-17-,24-23-,27-26-,30-29-,33-32-,39-37-. The largest absolute Gasteiger partial charge is 0.462 e. The molecule has 5 nitrogen and oxygen atoms in total. The molecule has 0 aromatic heterocycles. The monoisotopic (exact) mass is 847 g/mol. The predicted octanol–water partition coefficient (Wildman–Crippen LogP) is 16.8. The van der Waals surface area contributed by atoms with Crippen LogP contribution in [0.2, 0.25) is 0 Å². The van der Waals surface area contributed by atoms with Crippen molar-refractivity contribution in [2.45, 2.75) is 232 Å². The fourth-order valence-corrected chi connectivity index (χ4v) is 6.86. The molecular weight excluding hydrogens is 753 g/mol. The molecule has 0 aromatic carbocycles. The maximum Gasteiger partial charge on any atom is 0.306 e. The van der Waals surface area contributed by atoms with Crippen LogP contribution >= 0.6 is 0 Å². The van der Waals surface area contributed by atoms with Gasteiger partial charge < -0.3 is 14.6 Å². The van der Waals surface area contributed by atoms with Gasteiger partial charge >= 0.3 is 11.9 Å². The normalized spacial score (nSPS) is 13.0. The van der Waals surface area contributed by atoms with Crippen LogP contribution < -0.4 is 0 Å². The fourth-order valence-electron chi connectivity index (χ4n) is 6.86. The van der Waals surface area contributed by atoms with Gasteiger partial charge in [-0.2, -0.15) is 0 Å². The lowest BCUT2D eigenvalue weighted by molar-refractivity contribution is -0.161. The zero-order chi connectivity index (χ0) is 44.2. The molecule has 1 atom stereocenters. The van der Waals surface area contributed by atoms with Gasteiger partial charge in [0.1, 0.15) is 6.61 Å². The van der Waals surface area contributed by atoms with E-state index in [1.165, 1.54) is 96.3 Å². The van der Waals surface area contributed by atoms with Gasteiger partial charge in [0.2, 0.25) is 0 Å². The molecule has 0 fully saturated rings. The van der Waals surface area contributed by atoms with E-state index in [1.807, 2.05) is 0 Å². The summed E-state index contributed by atoms with van der Waals surface area (Å²) in [7, 11) is 0. The summed E-state index contributed by atoms with van der Waals surface area (Å²) >= 11 is 0. The molecule has 0 saturated carbocycles. The van der Waals surface area contributed by atoms with Crippen LogP contribution in [-0.2, 0) is 19.1 Å². The molecule has 61 heavy (non-hydrogen) atoms. The van der Waals surface area contributed by atoms with Crippen LogP contribution in [0.1, 0.15) is 226 Å². The highest BCUT2D eigenvalue weighted by Crippen LogP contribution is 2.15. The smallest absolute Gasteiger partial charge is 0.306 e. The second-order valence-corrected chi connectivity index (χ2v) is 16.5. The van der Waals surface area contributed by atoms with Crippen molar-refractivity contribution in [3.8, 4) is 0 Å². The van der Waals surface area contributed by atoms with E-state index < -0.39 is 6.10 Å². The molecule has 1 N–H and O–H groups in total. The van der Waals surface area contributed by atoms with Crippen LogP contribution in [0.5, 0.6) is 0 Å². The number of esters is 2. The highest BCUT2D eigenvalue weighted by Gasteiger charge is 2.16. The van der Waals surface area contributed by atoms with Crippen molar-refractivity contribution >= 4 is 11.9 Å². The van der Waals surface area contributed by atoms with Crippen LogP contribution in [-0.4, -0.2) is 36.4 Å². The van der Waals surface area contributed by atoms with Gasteiger partial charge in [0, 0.05) is 12.8 Å². The van der Waals surface area contributed by atoms with Crippen molar-refractivity contribution in [2.24, 2.45) is 0 Å². The lowest BCUT2D eigenvalue weighted by Crippen LogP contribution is -2.28. The number of hydrogen-bond acceptors (Lipinski definition) is 5. The Morgan fingerprint density at radius 1 is 0.393 bits per heavy atom. The topological polar surface area (TPSA) is 72.8 Å². The maximum absolute atomic E-state index is 12.3. The van der Waals surface area contributed by atoms with E-state index in [9.17, 15) is 14.7 Å². The molecule has 0 rings (SSSR count). The quantitative estimate of drug-likeness (QED) is 0.0375. The lowest BCUT2D eigenvalue weighted by atomic mass is 10.0. The highest BCUT2D eigenvalue weighted by molar-refractivity contribution is 5.70. The first-order valence-electron chi connectivity index (χ1n) is 25.3. The molecule has 0 aliphatic heterocycles. The molecule has 0 heterocycles. The van der Waals surface area contributed by atoms with Crippen molar-refractivity contribution < 1.29 is 24.2 Å². The number of aliphatic hydroxyl groups is 1. The molecule has 0 amide bonds. The van der Waals surface area contributed by atoms with Gasteiger partial charge in [-0.3, -0.25) is 9.59 Å². The van der Waals surface area contributed by atoms with E-state index in [4.69, 9.17) is 9.47 Å². The fraction of sp³-hybridized carbons (Fsp3) is 0.679. The Bertz CT molecular complexity index is 1190. The zero-order valence-electron chi connectivity index (χ0n) is 39.6. The van der Waals surface area contributed by atoms with Crippen molar-refractivity contribution in [3.63, 3.8) is 0 Å². The molecule has 0 spiro atoms. The molecule has 0 saturated heterocycles. The summed E-state index contributed by atoms with van der Waals surface area (Å²) in [5.74, 6) is -0.619. The van der Waals surface area contributed by atoms with E-state index in [0.717, 1.165) is 103 Å². The average molecular weight is 847 g/mol. The summed E-state index contributed by atoms with van der Waals surface area (Å²) in [6.07, 6.45) is 72.1. The third kappa shape index (κ3) is 49.4. The Balaban J connectivity index is 3.62. The molecule has 0 radical (unpaired) electrons. The number of hydrogen-bond donors (Lipinski definition) is 1. The van der Waals surface area contributed by atoms with Gasteiger partial charge in [-0.15, -0.1) is 0 Å². The SMILES string of the molecule is CC/C=C\C/C=C\C/C=C\C/C=C\C/C=C\C/C=C\C/C=C\C/C=C\CCCCCCC(=O)OC(CO)COC(=O)CCCCCCCCCCCCCCCCCCCC. The van der Waals surface area contributed by atoms with Gasteiger partial charge in [-0.1, -0.05) is 233 Å². The lowest BCUT2D eigenvalue weighted by Gasteiger charge is -2.15. The van der Waals surface area contributed by atoms with E-state index in [0.29, 0.717) is 12.8 Å². The van der Waals surface area contributed by atoms with Crippen LogP contribution in [0.4, 0.5) is 0 Å². The first-order chi connectivity index (χ1) is 30.1. The second kappa shape index (κ2) is 51.2. The van der Waals surface area contributed by atoms with Crippen molar-refractivity contribution in [1.82, 2.24) is 0 Å².